The van der Waals surface area contributed by atoms with Gasteiger partial charge in [-0.25, -0.2) is 0 Å². The van der Waals surface area contributed by atoms with Gasteiger partial charge in [0, 0.05) is 6.42 Å². The van der Waals surface area contributed by atoms with Gasteiger partial charge < -0.3 is 4.74 Å². The van der Waals surface area contributed by atoms with Gasteiger partial charge in [0.2, 0.25) is 0 Å². The summed E-state index contributed by atoms with van der Waals surface area (Å²) >= 11 is 0. The summed E-state index contributed by atoms with van der Waals surface area (Å²) in [6, 6.07) is 0. The molecule has 0 aliphatic rings. The SMILES string of the molecule is CCCCCCCC/C=C\CCCCCCCC(=O)OC(=O)C(C)CCCCCCCCCC.[NaH]. The zero-order valence-corrected chi connectivity index (χ0v) is 23.2. The van der Waals surface area contributed by atoms with Crippen LogP contribution in [0.1, 0.15) is 168 Å². The summed E-state index contributed by atoms with van der Waals surface area (Å²) < 4.78 is 5.07. The van der Waals surface area contributed by atoms with E-state index in [-0.39, 0.29) is 47.4 Å². The van der Waals surface area contributed by atoms with Gasteiger partial charge >= 0.3 is 41.5 Å². The van der Waals surface area contributed by atoms with Crippen LogP contribution in [-0.4, -0.2) is 41.5 Å². The number of hydrogen-bond donors (Lipinski definition) is 0. The van der Waals surface area contributed by atoms with Crippen LogP contribution in [0, 0.1) is 5.92 Å². The fourth-order valence-corrected chi connectivity index (χ4v) is 4.31. The molecule has 0 aliphatic carbocycles. The van der Waals surface area contributed by atoms with Crippen LogP contribution < -0.4 is 0 Å². The van der Waals surface area contributed by atoms with Crippen molar-refractivity contribution in [1.82, 2.24) is 0 Å². The van der Waals surface area contributed by atoms with E-state index in [1.807, 2.05) is 6.92 Å². The van der Waals surface area contributed by atoms with E-state index in [9.17, 15) is 9.59 Å². The van der Waals surface area contributed by atoms with Gasteiger partial charge in [-0.1, -0.05) is 136 Å². The van der Waals surface area contributed by atoms with Crippen molar-refractivity contribution in [3.8, 4) is 0 Å². The average Bonchev–Trinajstić information content (AvgIpc) is 2.83. The number of rotatable bonds is 25. The first-order valence-corrected chi connectivity index (χ1v) is 15.0. The standard InChI is InChI=1S/C31H58O3.Na.H/c1-4-6-8-10-12-14-15-16-17-18-19-20-22-24-26-28-30(32)34-31(33)29(3)27-25-23-21-13-11-9-7-5-2;;/h16-17,29H,4-15,18-28H2,1-3H3;;/b17-16-;;. The second kappa shape index (κ2) is 30.1. The molecule has 0 aliphatic heterocycles. The maximum absolute atomic E-state index is 12.1. The molecule has 0 aromatic rings. The van der Waals surface area contributed by atoms with Crippen LogP contribution in [0.25, 0.3) is 0 Å². The van der Waals surface area contributed by atoms with Crippen LogP contribution in [-0.2, 0) is 14.3 Å². The molecule has 0 heterocycles. The molecule has 35 heavy (non-hydrogen) atoms. The zero-order chi connectivity index (χ0) is 25.1. The molecule has 0 saturated heterocycles. The van der Waals surface area contributed by atoms with Gasteiger partial charge in [0.05, 0.1) is 5.92 Å². The summed E-state index contributed by atoms with van der Waals surface area (Å²) in [4.78, 5) is 24.0. The van der Waals surface area contributed by atoms with Crippen molar-refractivity contribution < 1.29 is 14.3 Å². The monoisotopic (exact) mass is 502 g/mol. The van der Waals surface area contributed by atoms with E-state index in [4.69, 9.17) is 4.74 Å². The summed E-state index contributed by atoms with van der Waals surface area (Å²) in [5, 5.41) is 0. The van der Waals surface area contributed by atoms with Gasteiger partial charge in [-0.05, 0) is 38.5 Å². The molecule has 0 rings (SSSR count). The Morgan fingerprint density at radius 2 is 1.00 bits per heavy atom. The van der Waals surface area contributed by atoms with Crippen molar-refractivity contribution in [2.24, 2.45) is 5.92 Å². The molecule has 0 aromatic carbocycles. The predicted octanol–water partition coefficient (Wildman–Crippen LogP) is 9.61. The first kappa shape index (κ1) is 37.0. The predicted molar refractivity (Wildman–Crippen MR) is 154 cm³/mol. The van der Waals surface area contributed by atoms with Crippen LogP contribution in [0.15, 0.2) is 12.2 Å². The number of allylic oxidation sites excluding steroid dienone is 2. The third-order valence-corrected chi connectivity index (χ3v) is 6.75. The number of ether oxygens (including phenoxy) is 1. The first-order valence-electron chi connectivity index (χ1n) is 15.0. The molecule has 0 bridgehead atoms. The molecule has 0 radical (unpaired) electrons. The summed E-state index contributed by atoms with van der Waals surface area (Å²) in [6.07, 6.45) is 32.0. The van der Waals surface area contributed by atoms with E-state index in [1.54, 1.807) is 0 Å². The summed E-state index contributed by atoms with van der Waals surface area (Å²) in [5.41, 5.74) is 0. The molecule has 1 atom stereocenters. The molecule has 0 spiro atoms. The van der Waals surface area contributed by atoms with E-state index in [1.165, 1.54) is 109 Å². The van der Waals surface area contributed by atoms with Crippen molar-refractivity contribution in [1.29, 1.82) is 0 Å². The Hall–Kier alpha value is -0.120. The van der Waals surface area contributed by atoms with E-state index < -0.39 is 0 Å². The number of esters is 2. The Kier molecular flexibility index (Phi) is 31.9. The Balaban J connectivity index is 0. The molecular formula is C31H59NaO3. The third-order valence-electron chi connectivity index (χ3n) is 6.75. The van der Waals surface area contributed by atoms with Gasteiger partial charge in [-0.2, -0.15) is 0 Å². The molecule has 3 nitrogen and oxygen atoms in total. The van der Waals surface area contributed by atoms with Gasteiger partial charge in [-0.3, -0.25) is 9.59 Å². The van der Waals surface area contributed by atoms with E-state index in [2.05, 4.69) is 26.0 Å². The Morgan fingerprint density at radius 1 is 0.600 bits per heavy atom. The molecule has 0 saturated carbocycles. The van der Waals surface area contributed by atoms with Crippen LogP contribution in [0.5, 0.6) is 0 Å². The fourth-order valence-electron chi connectivity index (χ4n) is 4.31. The number of carbonyl (C=O) groups excluding carboxylic acids is 2. The second-order valence-corrected chi connectivity index (χ2v) is 10.3. The maximum atomic E-state index is 12.1. The van der Waals surface area contributed by atoms with Crippen molar-refractivity contribution in [3.05, 3.63) is 12.2 Å². The van der Waals surface area contributed by atoms with Crippen molar-refractivity contribution in [3.63, 3.8) is 0 Å². The van der Waals surface area contributed by atoms with Crippen LogP contribution in [0.3, 0.4) is 0 Å². The van der Waals surface area contributed by atoms with Gasteiger partial charge in [0.15, 0.2) is 0 Å². The minimum absolute atomic E-state index is 0. The fraction of sp³-hybridized carbons (Fsp3) is 0.871. The molecule has 0 N–H and O–H groups in total. The van der Waals surface area contributed by atoms with Crippen LogP contribution >= 0.6 is 0 Å². The number of unbranched alkanes of at least 4 members (excludes halogenated alkanes) is 18. The molecular weight excluding hydrogens is 443 g/mol. The van der Waals surface area contributed by atoms with Crippen LogP contribution in [0.4, 0.5) is 0 Å². The Morgan fingerprint density at radius 3 is 1.49 bits per heavy atom. The molecule has 1 unspecified atom stereocenters. The molecule has 0 fully saturated rings. The summed E-state index contributed by atoms with van der Waals surface area (Å²) in [5.74, 6) is -0.843. The second-order valence-electron chi connectivity index (χ2n) is 10.3. The van der Waals surface area contributed by atoms with E-state index >= 15 is 0 Å². The number of hydrogen-bond acceptors (Lipinski definition) is 3. The van der Waals surface area contributed by atoms with E-state index in [0.29, 0.717) is 6.42 Å². The van der Waals surface area contributed by atoms with Crippen molar-refractivity contribution in [2.45, 2.75) is 168 Å². The normalized spacial score (nSPS) is 12.0. The zero-order valence-electron chi connectivity index (χ0n) is 23.2. The van der Waals surface area contributed by atoms with Gasteiger partial charge in [0.1, 0.15) is 0 Å². The third kappa shape index (κ3) is 28.3. The average molecular weight is 503 g/mol. The van der Waals surface area contributed by atoms with E-state index in [0.717, 1.165) is 32.1 Å². The Labute approximate surface area is 241 Å². The quantitative estimate of drug-likeness (QED) is 0.0410. The topological polar surface area (TPSA) is 43.4 Å². The van der Waals surface area contributed by atoms with Crippen molar-refractivity contribution in [2.75, 3.05) is 0 Å². The minimum atomic E-state index is -0.342. The van der Waals surface area contributed by atoms with Crippen molar-refractivity contribution >= 4 is 41.5 Å². The van der Waals surface area contributed by atoms with Gasteiger partial charge in [-0.15, -0.1) is 0 Å². The molecule has 4 heteroatoms. The summed E-state index contributed by atoms with van der Waals surface area (Å²) in [7, 11) is 0. The van der Waals surface area contributed by atoms with Gasteiger partial charge in [0.25, 0.3) is 0 Å². The summed E-state index contributed by atoms with van der Waals surface area (Å²) in [6.45, 7) is 6.39. The van der Waals surface area contributed by atoms with Crippen LogP contribution in [0.2, 0.25) is 0 Å². The molecule has 202 valence electrons. The molecule has 0 amide bonds. The first-order chi connectivity index (χ1) is 16.6. The molecule has 0 aromatic heterocycles. The Bertz CT molecular complexity index is 490. The number of carbonyl (C=O) groups is 2.